The Kier molecular flexibility index (Phi) is 5.40. The fourth-order valence-electron chi connectivity index (χ4n) is 2.94. The average Bonchev–Trinajstić information content (AvgIpc) is 3.40. The fourth-order valence-corrected chi connectivity index (χ4v) is 3.66. The molecule has 0 unspecified atom stereocenters. The van der Waals surface area contributed by atoms with Crippen molar-refractivity contribution >= 4 is 34.5 Å². The minimum absolute atomic E-state index is 0.00115. The summed E-state index contributed by atoms with van der Waals surface area (Å²) in [5.74, 6) is -1.37. The maximum absolute atomic E-state index is 13.9. The van der Waals surface area contributed by atoms with Crippen LogP contribution < -0.4 is 10.6 Å². The van der Waals surface area contributed by atoms with Gasteiger partial charge in [0.2, 0.25) is 5.91 Å². The zero-order valence-electron chi connectivity index (χ0n) is 15.9. The topological polar surface area (TPSA) is 76.0 Å². The zero-order valence-corrected chi connectivity index (χ0v) is 16.7. The summed E-state index contributed by atoms with van der Waals surface area (Å²) in [7, 11) is 0. The van der Waals surface area contributed by atoms with E-state index in [0.29, 0.717) is 16.9 Å². The average molecular weight is 420 g/mol. The van der Waals surface area contributed by atoms with E-state index in [1.54, 1.807) is 10.9 Å². The first kappa shape index (κ1) is 19.5. The van der Waals surface area contributed by atoms with Crippen LogP contribution in [0.15, 0.2) is 72.2 Å². The second-order valence-corrected chi connectivity index (χ2v) is 7.43. The monoisotopic (exact) mass is 420 g/mol. The van der Waals surface area contributed by atoms with Crippen LogP contribution in [0, 0.1) is 5.82 Å². The predicted molar refractivity (Wildman–Crippen MR) is 116 cm³/mol. The second-order valence-electron chi connectivity index (χ2n) is 6.48. The molecule has 2 heterocycles. The van der Waals surface area contributed by atoms with Crippen molar-refractivity contribution in [3.63, 3.8) is 0 Å². The molecule has 2 amide bonds. The normalized spacial score (nSPS) is 10.6. The van der Waals surface area contributed by atoms with Gasteiger partial charge in [-0.3, -0.25) is 9.59 Å². The molecule has 0 aliphatic rings. The van der Waals surface area contributed by atoms with E-state index in [2.05, 4.69) is 15.7 Å². The van der Waals surface area contributed by atoms with E-state index in [1.807, 2.05) is 47.8 Å². The van der Waals surface area contributed by atoms with Gasteiger partial charge in [0.1, 0.15) is 11.5 Å². The number of nitrogens with zero attached hydrogens (tertiary/aromatic N) is 2. The number of hydrogen-bond acceptors (Lipinski definition) is 4. The van der Waals surface area contributed by atoms with E-state index in [0.717, 1.165) is 10.6 Å². The zero-order chi connectivity index (χ0) is 21.1. The number of carbonyl (C=O) groups excluding carboxylic acids is 2. The number of halogens is 1. The van der Waals surface area contributed by atoms with Crippen molar-refractivity contribution in [2.75, 3.05) is 10.6 Å². The number of rotatable bonds is 5. The second kappa shape index (κ2) is 8.30. The summed E-state index contributed by atoms with van der Waals surface area (Å²) >= 11 is 1.48. The number of amides is 2. The van der Waals surface area contributed by atoms with Gasteiger partial charge in [-0.1, -0.05) is 24.3 Å². The van der Waals surface area contributed by atoms with Gasteiger partial charge in [0.25, 0.3) is 5.91 Å². The molecule has 4 rings (SSSR count). The Bertz CT molecular complexity index is 1200. The van der Waals surface area contributed by atoms with Crippen molar-refractivity contribution in [2.24, 2.45) is 0 Å². The molecule has 2 aromatic heterocycles. The highest BCUT2D eigenvalue weighted by Gasteiger charge is 2.20. The lowest BCUT2D eigenvalue weighted by Gasteiger charge is -2.09. The number of anilines is 2. The molecule has 0 atom stereocenters. The molecular formula is C22H17FN4O2S. The van der Waals surface area contributed by atoms with E-state index in [4.69, 9.17) is 0 Å². The minimum Gasteiger partial charge on any atom is -0.324 e. The number of nitrogens with one attached hydrogen (secondary N) is 2. The van der Waals surface area contributed by atoms with Crippen LogP contribution in [0.1, 0.15) is 17.3 Å². The molecule has 0 saturated heterocycles. The maximum Gasteiger partial charge on any atom is 0.259 e. The minimum atomic E-state index is -0.584. The number of benzene rings is 2. The molecular weight excluding hydrogens is 403 g/mol. The predicted octanol–water partition coefficient (Wildman–Crippen LogP) is 4.95. The number of para-hydroxylation sites is 1. The first-order valence-corrected chi connectivity index (χ1v) is 9.96. The van der Waals surface area contributed by atoms with Gasteiger partial charge in [-0.2, -0.15) is 5.10 Å². The van der Waals surface area contributed by atoms with Crippen molar-refractivity contribution in [2.45, 2.75) is 6.92 Å². The molecule has 6 nitrogen and oxygen atoms in total. The summed E-state index contributed by atoms with van der Waals surface area (Å²) in [6.45, 7) is 1.29. The Labute approximate surface area is 176 Å². The van der Waals surface area contributed by atoms with Crippen LogP contribution in [0.2, 0.25) is 0 Å². The molecule has 30 heavy (non-hydrogen) atoms. The van der Waals surface area contributed by atoms with E-state index in [-0.39, 0.29) is 11.6 Å². The number of hydrogen-bond donors (Lipinski definition) is 2. The van der Waals surface area contributed by atoms with Crippen LogP contribution >= 0.6 is 11.3 Å². The lowest BCUT2D eigenvalue weighted by atomic mass is 10.2. The summed E-state index contributed by atoms with van der Waals surface area (Å²) < 4.78 is 15.5. The molecule has 0 aliphatic heterocycles. The van der Waals surface area contributed by atoms with Crippen LogP contribution in [0.3, 0.4) is 0 Å². The fraction of sp³-hybridized carbons (Fsp3) is 0.0455. The van der Waals surface area contributed by atoms with E-state index in [1.165, 1.54) is 36.5 Å². The third-order valence-corrected chi connectivity index (χ3v) is 5.15. The van der Waals surface area contributed by atoms with E-state index in [9.17, 15) is 14.0 Å². The molecule has 4 aromatic rings. The van der Waals surface area contributed by atoms with Crippen LogP contribution in [0.5, 0.6) is 0 Å². The molecule has 0 aliphatic carbocycles. The van der Waals surface area contributed by atoms with Gasteiger partial charge in [0, 0.05) is 18.8 Å². The molecule has 0 spiro atoms. The molecule has 0 fully saturated rings. The quantitative estimate of drug-likeness (QED) is 0.480. The first-order valence-electron chi connectivity index (χ1n) is 9.09. The van der Waals surface area contributed by atoms with Crippen molar-refractivity contribution in [3.8, 4) is 16.3 Å². The lowest BCUT2D eigenvalue weighted by molar-refractivity contribution is -0.114. The van der Waals surface area contributed by atoms with Gasteiger partial charge < -0.3 is 10.6 Å². The molecule has 0 bridgehead atoms. The van der Waals surface area contributed by atoms with Crippen molar-refractivity contribution < 1.29 is 14.0 Å². The van der Waals surface area contributed by atoms with Crippen molar-refractivity contribution in [3.05, 3.63) is 83.6 Å². The molecule has 150 valence electrons. The van der Waals surface area contributed by atoms with Gasteiger partial charge in [0.05, 0.1) is 21.8 Å². The van der Waals surface area contributed by atoms with Crippen LogP contribution in [0.4, 0.5) is 15.8 Å². The Morgan fingerprint density at radius 3 is 2.53 bits per heavy atom. The maximum atomic E-state index is 13.9. The van der Waals surface area contributed by atoms with Crippen LogP contribution in [0.25, 0.3) is 16.3 Å². The molecule has 8 heteroatoms. The Balaban J connectivity index is 1.68. The number of carbonyl (C=O) groups is 2. The molecule has 2 N–H and O–H groups in total. The highest BCUT2D eigenvalue weighted by molar-refractivity contribution is 7.13. The Morgan fingerprint density at radius 2 is 1.83 bits per heavy atom. The summed E-state index contributed by atoms with van der Waals surface area (Å²) in [6.07, 6.45) is 1.66. The lowest BCUT2D eigenvalue weighted by Crippen LogP contribution is -2.13. The van der Waals surface area contributed by atoms with Gasteiger partial charge >= 0.3 is 0 Å². The largest absolute Gasteiger partial charge is 0.324 e. The first-order chi connectivity index (χ1) is 14.5. The van der Waals surface area contributed by atoms with Gasteiger partial charge in [-0.05, 0) is 41.8 Å². The highest BCUT2D eigenvalue weighted by Crippen LogP contribution is 2.29. The Morgan fingerprint density at radius 1 is 1.03 bits per heavy atom. The summed E-state index contributed by atoms with van der Waals surface area (Å²) in [4.78, 5) is 25.2. The standard InChI is InChI=1S/C22H17FN4O2S/c1-14(28)24-19-12-15(9-10-18(19)23)25-22(29)17-13-27(16-6-3-2-4-7-16)26-21(17)20-8-5-11-30-20/h2-13H,1H3,(H,24,28)(H,25,29). The van der Waals surface area contributed by atoms with Gasteiger partial charge in [-0.15, -0.1) is 11.3 Å². The number of aromatic nitrogens is 2. The summed E-state index contributed by atoms with van der Waals surface area (Å²) in [6, 6.07) is 17.3. The Hall–Kier alpha value is -3.78. The third-order valence-electron chi connectivity index (χ3n) is 4.27. The van der Waals surface area contributed by atoms with Gasteiger partial charge in [0.15, 0.2) is 0 Å². The summed E-state index contributed by atoms with van der Waals surface area (Å²) in [5.41, 5.74) is 2.11. The van der Waals surface area contributed by atoms with Crippen LogP contribution in [-0.2, 0) is 4.79 Å². The third kappa shape index (κ3) is 4.13. The molecule has 0 radical (unpaired) electrons. The molecule has 2 aromatic carbocycles. The SMILES string of the molecule is CC(=O)Nc1cc(NC(=O)c2cn(-c3ccccc3)nc2-c2cccs2)ccc1F. The smallest absolute Gasteiger partial charge is 0.259 e. The van der Waals surface area contributed by atoms with Crippen LogP contribution in [-0.4, -0.2) is 21.6 Å². The van der Waals surface area contributed by atoms with E-state index < -0.39 is 11.7 Å². The van der Waals surface area contributed by atoms with E-state index >= 15 is 0 Å². The van der Waals surface area contributed by atoms with Gasteiger partial charge in [-0.25, -0.2) is 9.07 Å². The number of thiophene rings is 1. The van der Waals surface area contributed by atoms with Crippen molar-refractivity contribution in [1.29, 1.82) is 0 Å². The van der Waals surface area contributed by atoms with Crippen molar-refractivity contribution in [1.82, 2.24) is 9.78 Å². The summed E-state index contributed by atoms with van der Waals surface area (Å²) in [5, 5.41) is 11.7. The highest BCUT2D eigenvalue weighted by atomic mass is 32.1. The molecule has 0 saturated carbocycles.